The Kier molecular flexibility index (Phi) is 8.32. The number of piperazine rings is 1. The van der Waals surface area contributed by atoms with Gasteiger partial charge in [-0.25, -0.2) is 0 Å². The molecule has 0 unspecified atom stereocenters. The molecule has 0 aliphatic carbocycles. The van der Waals surface area contributed by atoms with Gasteiger partial charge in [0.25, 0.3) is 0 Å². The smallest absolute Gasteiger partial charge is 0.161 e. The third-order valence-corrected chi connectivity index (χ3v) is 6.04. The molecule has 0 radical (unpaired) electrons. The molecule has 1 aromatic heterocycles. The number of rotatable bonds is 10. The van der Waals surface area contributed by atoms with Gasteiger partial charge >= 0.3 is 0 Å². The molecule has 1 fully saturated rings. The molecule has 0 saturated carbocycles. The summed E-state index contributed by atoms with van der Waals surface area (Å²) in [4.78, 5) is 8.23. The van der Waals surface area contributed by atoms with Gasteiger partial charge in [0.15, 0.2) is 11.5 Å². The molecule has 0 bridgehead atoms. The average molecular weight is 420 g/mol. The van der Waals surface area contributed by atoms with Gasteiger partial charge in [-0.3, -0.25) is 9.80 Å². The van der Waals surface area contributed by atoms with E-state index in [0.717, 1.165) is 44.8 Å². The number of benzene rings is 1. The van der Waals surface area contributed by atoms with Crippen molar-refractivity contribution in [3.05, 3.63) is 46.2 Å². The Morgan fingerprint density at radius 2 is 1.93 bits per heavy atom. The standard InChI is InChI=1S/C22H33N3O3S/c1-23-8-10-25(11-9-23)15-19(26)17-28-22-13-18(6-7-21(22)27-3)14-24(2)16-20-5-4-12-29-20/h4-7,12-13,19,26H,8-11,14-17H2,1-3H3/t19-/m0/s1. The van der Waals surface area contributed by atoms with Gasteiger partial charge in [0.2, 0.25) is 0 Å². The summed E-state index contributed by atoms with van der Waals surface area (Å²) in [6.45, 7) is 6.71. The van der Waals surface area contributed by atoms with E-state index in [1.807, 2.05) is 12.1 Å². The molecule has 7 heteroatoms. The molecule has 1 aliphatic rings. The normalized spacial score (nSPS) is 16.9. The fourth-order valence-corrected chi connectivity index (χ4v) is 4.32. The van der Waals surface area contributed by atoms with Crippen molar-refractivity contribution < 1.29 is 14.6 Å². The second kappa shape index (κ2) is 10.9. The monoisotopic (exact) mass is 419 g/mol. The third-order valence-electron chi connectivity index (χ3n) is 5.18. The van der Waals surface area contributed by atoms with Crippen molar-refractivity contribution in [1.82, 2.24) is 14.7 Å². The van der Waals surface area contributed by atoms with E-state index in [9.17, 15) is 5.11 Å². The number of hydrogen-bond acceptors (Lipinski definition) is 7. The van der Waals surface area contributed by atoms with Gasteiger partial charge in [0.05, 0.1) is 7.11 Å². The summed E-state index contributed by atoms with van der Waals surface area (Å²) >= 11 is 1.78. The summed E-state index contributed by atoms with van der Waals surface area (Å²) in [5.74, 6) is 1.38. The van der Waals surface area contributed by atoms with Crippen molar-refractivity contribution in [2.24, 2.45) is 0 Å². The number of hydrogen-bond donors (Lipinski definition) is 1. The predicted octanol–water partition coefficient (Wildman–Crippen LogP) is 2.38. The quantitative estimate of drug-likeness (QED) is 0.638. The lowest BCUT2D eigenvalue weighted by Gasteiger charge is -2.33. The fraction of sp³-hybridized carbons (Fsp3) is 0.545. The van der Waals surface area contributed by atoms with Gasteiger partial charge in [-0.15, -0.1) is 11.3 Å². The molecule has 0 amide bonds. The average Bonchev–Trinajstić information content (AvgIpc) is 3.21. The number of thiophene rings is 1. The highest BCUT2D eigenvalue weighted by molar-refractivity contribution is 7.09. The van der Waals surface area contributed by atoms with Crippen LogP contribution in [0.4, 0.5) is 0 Å². The van der Waals surface area contributed by atoms with Gasteiger partial charge in [-0.05, 0) is 43.2 Å². The predicted molar refractivity (Wildman–Crippen MR) is 118 cm³/mol. The van der Waals surface area contributed by atoms with Crippen LogP contribution in [0, 0.1) is 0 Å². The Bertz CT molecular complexity index is 733. The summed E-state index contributed by atoms with van der Waals surface area (Å²) in [7, 11) is 5.89. The Labute approximate surface area is 178 Å². The topological polar surface area (TPSA) is 48.4 Å². The first-order chi connectivity index (χ1) is 14.0. The number of nitrogens with zero attached hydrogens (tertiary/aromatic N) is 3. The van der Waals surface area contributed by atoms with Crippen LogP contribution in [0.15, 0.2) is 35.7 Å². The van der Waals surface area contributed by atoms with Crippen LogP contribution in [-0.2, 0) is 13.1 Å². The summed E-state index contributed by atoms with van der Waals surface area (Å²) in [5.41, 5.74) is 1.16. The Hall–Kier alpha value is -1.64. The Morgan fingerprint density at radius 1 is 1.14 bits per heavy atom. The van der Waals surface area contributed by atoms with Crippen molar-refractivity contribution in [2.75, 3.05) is 60.5 Å². The molecule has 2 heterocycles. The van der Waals surface area contributed by atoms with Gasteiger partial charge in [0, 0.05) is 50.7 Å². The molecule has 0 spiro atoms. The van der Waals surface area contributed by atoms with Gasteiger partial charge in [-0.2, -0.15) is 0 Å². The maximum atomic E-state index is 10.4. The Balaban J connectivity index is 1.52. The van der Waals surface area contributed by atoms with Crippen LogP contribution in [-0.4, -0.2) is 86.4 Å². The summed E-state index contributed by atoms with van der Waals surface area (Å²) < 4.78 is 11.4. The van der Waals surface area contributed by atoms with Gasteiger partial charge < -0.3 is 19.5 Å². The number of aliphatic hydroxyl groups excluding tert-OH is 1. The number of ether oxygens (including phenoxy) is 2. The minimum Gasteiger partial charge on any atom is -0.493 e. The van der Waals surface area contributed by atoms with E-state index < -0.39 is 6.10 Å². The minimum atomic E-state index is -0.520. The SMILES string of the molecule is COc1ccc(CN(C)Cc2cccs2)cc1OC[C@@H](O)CN1CCN(C)CC1. The molecule has 1 atom stereocenters. The molecule has 3 rings (SSSR count). The maximum absolute atomic E-state index is 10.4. The zero-order valence-corrected chi connectivity index (χ0v) is 18.5. The second-order valence-corrected chi connectivity index (χ2v) is 8.84. The van der Waals surface area contributed by atoms with Gasteiger partial charge in [-0.1, -0.05) is 12.1 Å². The molecule has 1 aromatic carbocycles. The summed E-state index contributed by atoms with van der Waals surface area (Å²) in [6.07, 6.45) is -0.520. The first-order valence-electron chi connectivity index (χ1n) is 10.1. The molecule has 1 aliphatic heterocycles. The van der Waals surface area contributed by atoms with Crippen molar-refractivity contribution in [3.63, 3.8) is 0 Å². The lowest BCUT2D eigenvalue weighted by atomic mass is 10.2. The number of aliphatic hydroxyl groups is 1. The maximum Gasteiger partial charge on any atom is 0.161 e. The second-order valence-electron chi connectivity index (χ2n) is 7.81. The first kappa shape index (κ1) is 22.1. The highest BCUT2D eigenvalue weighted by atomic mass is 32.1. The van der Waals surface area contributed by atoms with Crippen molar-refractivity contribution >= 4 is 11.3 Å². The molecular formula is C22H33N3O3S. The zero-order chi connectivity index (χ0) is 20.6. The molecule has 1 N–H and O–H groups in total. The fourth-order valence-electron chi connectivity index (χ4n) is 3.54. The highest BCUT2D eigenvalue weighted by Gasteiger charge is 2.18. The minimum absolute atomic E-state index is 0.261. The van der Waals surface area contributed by atoms with E-state index in [-0.39, 0.29) is 6.61 Å². The van der Waals surface area contributed by atoms with E-state index in [0.29, 0.717) is 18.0 Å². The molecule has 160 valence electrons. The van der Waals surface area contributed by atoms with Crippen LogP contribution in [0.3, 0.4) is 0 Å². The van der Waals surface area contributed by atoms with Crippen LogP contribution in [0.5, 0.6) is 11.5 Å². The van der Waals surface area contributed by atoms with E-state index in [1.165, 1.54) is 4.88 Å². The van der Waals surface area contributed by atoms with Crippen molar-refractivity contribution in [1.29, 1.82) is 0 Å². The number of β-amino-alcohol motifs (C(OH)–C–C–N with tert-alkyl or cyclic N) is 1. The molecule has 1 saturated heterocycles. The van der Waals surface area contributed by atoms with E-state index in [4.69, 9.17) is 9.47 Å². The van der Waals surface area contributed by atoms with Crippen LogP contribution < -0.4 is 9.47 Å². The summed E-state index contributed by atoms with van der Waals surface area (Å²) in [6, 6.07) is 10.3. The van der Waals surface area contributed by atoms with Crippen LogP contribution in [0.25, 0.3) is 0 Å². The van der Waals surface area contributed by atoms with E-state index in [1.54, 1.807) is 18.4 Å². The van der Waals surface area contributed by atoms with Crippen LogP contribution >= 0.6 is 11.3 Å². The van der Waals surface area contributed by atoms with E-state index >= 15 is 0 Å². The first-order valence-corrected chi connectivity index (χ1v) is 11.0. The Morgan fingerprint density at radius 3 is 2.62 bits per heavy atom. The molecule has 2 aromatic rings. The van der Waals surface area contributed by atoms with Crippen molar-refractivity contribution in [3.8, 4) is 11.5 Å². The van der Waals surface area contributed by atoms with Crippen molar-refractivity contribution in [2.45, 2.75) is 19.2 Å². The largest absolute Gasteiger partial charge is 0.493 e. The summed E-state index contributed by atoms with van der Waals surface area (Å²) in [5, 5.41) is 12.5. The molecule has 29 heavy (non-hydrogen) atoms. The van der Waals surface area contributed by atoms with Crippen LogP contribution in [0.1, 0.15) is 10.4 Å². The zero-order valence-electron chi connectivity index (χ0n) is 17.7. The van der Waals surface area contributed by atoms with Crippen LogP contribution in [0.2, 0.25) is 0 Å². The van der Waals surface area contributed by atoms with Gasteiger partial charge in [0.1, 0.15) is 12.7 Å². The lowest BCUT2D eigenvalue weighted by molar-refractivity contribution is 0.0497. The number of likely N-dealkylation sites (N-methyl/N-ethyl adjacent to an activating group) is 1. The molecular weight excluding hydrogens is 386 g/mol. The highest BCUT2D eigenvalue weighted by Crippen LogP contribution is 2.29. The molecule has 6 nitrogen and oxygen atoms in total. The third kappa shape index (κ3) is 6.97. The number of methoxy groups -OCH3 is 1. The van der Waals surface area contributed by atoms with E-state index in [2.05, 4.69) is 52.4 Å². The lowest BCUT2D eigenvalue weighted by Crippen LogP contribution is -2.47.